The fourth-order valence-electron chi connectivity index (χ4n) is 2.58. The van der Waals surface area contributed by atoms with Crippen molar-refractivity contribution in [2.24, 2.45) is 0 Å². The molecule has 20 heavy (non-hydrogen) atoms. The van der Waals surface area contributed by atoms with Gasteiger partial charge in [-0.25, -0.2) is 0 Å². The Bertz CT molecular complexity index is 628. The fourth-order valence-corrected chi connectivity index (χ4v) is 2.58. The van der Waals surface area contributed by atoms with Gasteiger partial charge in [0.25, 0.3) is 0 Å². The summed E-state index contributed by atoms with van der Waals surface area (Å²) < 4.78 is 7.47. The Morgan fingerprint density at radius 3 is 2.60 bits per heavy atom. The highest BCUT2D eigenvalue weighted by atomic mass is 16.5. The van der Waals surface area contributed by atoms with E-state index in [0.29, 0.717) is 6.04 Å². The molecule has 0 saturated heterocycles. The summed E-state index contributed by atoms with van der Waals surface area (Å²) in [7, 11) is 1.64. The van der Waals surface area contributed by atoms with Gasteiger partial charge in [-0.15, -0.1) is 0 Å². The molecular weight excluding hydrogens is 254 g/mol. The van der Waals surface area contributed by atoms with Crippen LogP contribution in [0.4, 0.5) is 0 Å². The summed E-state index contributed by atoms with van der Waals surface area (Å²) in [6.07, 6.45) is 2.21. The molecule has 0 bridgehead atoms. The molecule has 0 radical (unpaired) electrons. The minimum Gasteiger partial charge on any atom is -0.497 e. The largest absolute Gasteiger partial charge is 0.497 e. The number of carbonyl (C=O) groups is 1. The van der Waals surface area contributed by atoms with E-state index in [0.717, 1.165) is 22.2 Å². The molecule has 0 amide bonds. The number of hydrogen-bond donors (Lipinski definition) is 1. The first-order valence-electron chi connectivity index (χ1n) is 6.84. The van der Waals surface area contributed by atoms with Gasteiger partial charge >= 0.3 is 5.97 Å². The monoisotopic (exact) mass is 275 g/mol. The predicted octanol–water partition coefficient (Wildman–Crippen LogP) is 3.81. The van der Waals surface area contributed by atoms with Gasteiger partial charge in [0.1, 0.15) is 5.75 Å². The summed E-state index contributed by atoms with van der Waals surface area (Å²) in [4.78, 5) is 11.0. The first-order valence-corrected chi connectivity index (χ1v) is 6.84. The van der Waals surface area contributed by atoms with E-state index >= 15 is 0 Å². The number of benzene rings is 1. The van der Waals surface area contributed by atoms with E-state index in [2.05, 4.69) is 24.6 Å². The van der Waals surface area contributed by atoms with Crippen molar-refractivity contribution in [2.75, 3.05) is 7.11 Å². The Morgan fingerprint density at radius 2 is 2.05 bits per heavy atom. The number of aromatic nitrogens is 1. The molecule has 1 heterocycles. The number of hydrogen-bond acceptors (Lipinski definition) is 2. The number of nitrogens with zero attached hydrogens (tertiary/aromatic N) is 1. The quantitative estimate of drug-likeness (QED) is 0.902. The van der Waals surface area contributed by atoms with Crippen LogP contribution in [0.1, 0.15) is 44.7 Å². The summed E-state index contributed by atoms with van der Waals surface area (Å²) in [5.41, 5.74) is 2.18. The number of rotatable bonds is 5. The second-order valence-electron chi connectivity index (χ2n) is 5.47. The molecule has 4 nitrogen and oxygen atoms in total. The van der Waals surface area contributed by atoms with Crippen LogP contribution in [0.5, 0.6) is 5.75 Å². The molecule has 2 aromatic rings. The summed E-state index contributed by atoms with van der Waals surface area (Å²) in [6.45, 7) is 6.19. The third-order valence-corrected chi connectivity index (χ3v) is 3.64. The first kappa shape index (κ1) is 14.4. The molecule has 0 spiro atoms. The van der Waals surface area contributed by atoms with Crippen LogP contribution in [0.2, 0.25) is 0 Å². The van der Waals surface area contributed by atoms with Gasteiger partial charge < -0.3 is 14.4 Å². The maximum Gasteiger partial charge on any atom is 0.303 e. The Morgan fingerprint density at radius 1 is 1.35 bits per heavy atom. The van der Waals surface area contributed by atoms with Crippen molar-refractivity contribution < 1.29 is 14.6 Å². The lowest BCUT2D eigenvalue weighted by Crippen LogP contribution is -2.02. The zero-order valence-electron chi connectivity index (χ0n) is 12.4. The highest BCUT2D eigenvalue weighted by Crippen LogP contribution is 2.33. The van der Waals surface area contributed by atoms with Crippen molar-refractivity contribution in [3.05, 3.63) is 30.0 Å². The van der Waals surface area contributed by atoms with Crippen molar-refractivity contribution in [1.29, 1.82) is 0 Å². The molecule has 1 N–H and O–H groups in total. The molecule has 0 aliphatic carbocycles. The molecular formula is C16H21NO3. The molecule has 0 aliphatic heterocycles. The molecule has 0 aliphatic rings. The molecule has 1 aromatic carbocycles. The summed E-state index contributed by atoms with van der Waals surface area (Å²) in [5.74, 6) is -0.00395. The lowest BCUT2D eigenvalue weighted by atomic mass is 9.97. The second-order valence-corrected chi connectivity index (χ2v) is 5.47. The third kappa shape index (κ3) is 2.64. The predicted molar refractivity (Wildman–Crippen MR) is 79.5 cm³/mol. The zero-order chi connectivity index (χ0) is 14.9. The lowest BCUT2D eigenvalue weighted by Gasteiger charge is -2.09. The molecule has 0 saturated carbocycles. The molecule has 0 fully saturated rings. The van der Waals surface area contributed by atoms with Gasteiger partial charge in [-0.05, 0) is 43.5 Å². The van der Waals surface area contributed by atoms with E-state index in [1.54, 1.807) is 7.11 Å². The van der Waals surface area contributed by atoms with Crippen LogP contribution in [-0.2, 0) is 4.79 Å². The smallest absolute Gasteiger partial charge is 0.303 e. The van der Waals surface area contributed by atoms with E-state index in [4.69, 9.17) is 9.84 Å². The van der Waals surface area contributed by atoms with Crippen LogP contribution in [0.15, 0.2) is 24.4 Å². The minimum absolute atomic E-state index is 0.0258. The highest BCUT2D eigenvalue weighted by Gasteiger charge is 2.18. The molecule has 1 aromatic heterocycles. The first-order chi connectivity index (χ1) is 9.43. The van der Waals surface area contributed by atoms with Crippen molar-refractivity contribution in [3.8, 4) is 5.75 Å². The number of methoxy groups -OCH3 is 1. The van der Waals surface area contributed by atoms with E-state index < -0.39 is 5.97 Å². The van der Waals surface area contributed by atoms with E-state index in [9.17, 15) is 4.79 Å². The van der Waals surface area contributed by atoms with Gasteiger partial charge in [-0.3, -0.25) is 4.79 Å². The van der Waals surface area contributed by atoms with Crippen molar-refractivity contribution >= 4 is 16.9 Å². The minimum atomic E-state index is -0.772. The molecule has 2 rings (SSSR count). The Kier molecular flexibility index (Phi) is 4.02. The average molecular weight is 275 g/mol. The molecule has 4 heteroatoms. The van der Waals surface area contributed by atoms with E-state index in [1.807, 2.05) is 25.1 Å². The highest BCUT2D eigenvalue weighted by molar-refractivity contribution is 5.86. The van der Waals surface area contributed by atoms with Gasteiger partial charge in [0, 0.05) is 23.1 Å². The number of carboxylic acid groups (broad SMARTS) is 1. The van der Waals surface area contributed by atoms with Crippen molar-refractivity contribution in [2.45, 2.75) is 39.2 Å². The van der Waals surface area contributed by atoms with Gasteiger partial charge in [0.05, 0.1) is 13.5 Å². The number of carboxylic acids is 1. The van der Waals surface area contributed by atoms with E-state index in [-0.39, 0.29) is 12.3 Å². The summed E-state index contributed by atoms with van der Waals surface area (Å²) in [5, 5.41) is 10.1. The third-order valence-electron chi connectivity index (χ3n) is 3.64. The maximum absolute atomic E-state index is 11.0. The molecule has 1 atom stereocenters. The van der Waals surface area contributed by atoms with Crippen LogP contribution >= 0.6 is 0 Å². The van der Waals surface area contributed by atoms with Crippen LogP contribution in [0, 0.1) is 0 Å². The van der Waals surface area contributed by atoms with Crippen LogP contribution in [0.3, 0.4) is 0 Å². The SMILES string of the molecule is COc1ccc2c(c1)c(C(C)CC(=O)O)cn2C(C)C. The lowest BCUT2D eigenvalue weighted by molar-refractivity contribution is -0.137. The van der Waals surface area contributed by atoms with Crippen LogP contribution < -0.4 is 4.74 Å². The van der Waals surface area contributed by atoms with Crippen LogP contribution in [-0.4, -0.2) is 22.8 Å². The zero-order valence-corrected chi connectivity index (χ0v) is 12.4. The van der Waals surface area contributed by atoms with Gasteiger partial charge in [0.15, 0.2) is 0 Å². The van der Waals surface area contributed by atoms with E-state index in [1.165, 1.54) is 0 Å². The Labute approximate surface area is 119 Å². The average Bonchev–Trinajstić information content (AvgIpc) is 2.76. The summed E-state index contributed by atoms with van der Waals surface area (Å²) >= 11 is 0. The number of ether oxygens (including phenoxy) is 1. The fraction of sp³-hybridized carbons (Fsp3) is 0.438. The number of aliphatic carboxylic acids is 1. The Hall–Kier alpha value is -1.97. The van der Waals surface area contributed by atoms with Crippen molar-refractivity contribution in [1.82, 2.24) is 4.57 Å². The topological polar surface area (TPSA) is 51.5 Å². The van der Waals surface area contributed by atoms with Gasteiger partial charge in [-0.2, -0.15) is 0 Å². The molecule has 1 unspecified atom stereocenters. The standard InChI is InChI=1S/C16H21NO3/c1-10(2)17-9-14(11(3)7-16(18)19)13-8-12(20-4)5-6-15(13)17/h5-6,8-11H,7H2,1-4H3,(H,18,19). The number of fused-ring (bicyclic) bond motifs is 1. The Balaban J connectivity index is 2.60. The van der Waals surface area contributed by atoms with Gasteiger partial charge in [0.2, 0.25) is 0 Å². The normalized spacial score (nSPS) is 12.8. The maximum atomic E-state index is 11.0. The van der Waals surface area contributed by atoms with Crippen LogP contribution in [0.25, 0.3) is 10.9 Å². The second kappa shape index (κ2) is 5.57. The van der Waals surface area contributed by atoms with Crippen molar-refractivity contribution in [3.63, 3.8) is 0 Å². The summed E-state index contributed by atoms with van der Waals surface area (Å²) in [6, 6.07) is 6.29. The molecule has 108 valence electrons. The van der Waals surface area contributed by atoms with Gasteiger partial charge in [-0.1, -0.05) is 6.92 Å².